The fourth-order valence-corrected chi connectivity index (χ4v) is 1.42. The van der Waals surface area contributed by atoms with Gasteiger partial charge in [-0.3, -0.25) is 19.8 Å². The second-order valence-electron chi connectivity index (χ2n) is 3.50. The summed E-state index contributed by atoms with van der Waals surface area (Å²) in [6, 6.07) is 2.39. The third-order valence-corrected chi connectivity index (χ3v) is 2.35. The molecule has 0 saturated heterocycles. The number of aromatic nitrogens is 1. The summed E-state index contributed by atoms with van der Waals surface area (Å²) >= 11 is 0. The van der Waals surface area contributed by atoms with Gasteiger partial charge in [0.25, 0.3) is 0 Å². The number of hydrogen-bond donors (Lipinski definition) is 4. The largest absolute Gasteiger partial charge is 0.481 e. The zero-order valence-corrected chi connectivity index (χ0v) is 8.91. The molecule has 1 heterocycles. The van der Waals surface area contributed by atoms with E-state index in [2.05, 4.69) is 4.98 Å². The van der Waals surface area contributed by atoms with Crippen LogP contribution in [0.3, 0.4) is 0 Å². The quantitative estimate of drug-likeness (QED) is 0.412. The Kier molecular flexibility index (Phi) is 4.56. The Morgan fingerprint density at radius 1 is 1.53 bits per heavy atom. The molecule has 0 aromatic carbocycles. The third kappa shape index (κ3) is 3.51. The molecule has 17 heavy (non-hydrogen) atoms. The highest BCUT2D eigenvalue weighted by molar-refractivity contribution is 5.82. The summed E-state index contributed by atoms with van der Waals surface area (Å²) < 4.78 is 0. The van der Waals surface area contributed by atoms with E-state index in [1.807, 2.05) is 0 Å². The molecule has 1 rings (SSSR count). The number of nitrogens with zero attached hydrogens (tertiary/aromatic N) is 1. The van der Waals surface area contributed by atoms with Crippen molar-refractivity contribution in [3.8, 4) is 0 Å². The van der Waals surface area contributed by atoms with Gasteiger partial charge in [-0.25, -0.2) is 5.48 Å². The van der Waals surface area contributed by atoms with Gasteiger partial charge in [0.1, 0.15) is 0 Å². The maximum absolute atomic E-state index is 11.0. The molecule has 0 bridgehead atoms. The summed E-state index contributed by atoms with van der Waals surface area (Å²) in [6.07, 6.45) is 2.58. The van der Waals surface area contributed by atoms with Crippen molar-refractivity contribution in [1.29, 1.82) is 0 Å². The average molecular weight is 239 g/mol. The van der Waals surface area contributed by atoms with Crippen molar-refractivity contribution in [2.24, 2.45) is 11.7 Å². The van der Waals surface area contributed by atoms with Crippen LogP contribution in [0, 0.1) is 5.92 Å². The summed E-state index contributed by atoms with van der Waals surface area (Å²) in [7, 11) is 0. The lowest BCUT2D eigenvalue weighted by atomic mass is 9.92. The number of nitrogens with two attached hydrogens (primary N) is 1. The molecular formula is C10H13N3O4. The molecule has 92 valence electrons. The first kappa shape index (κ1) is 13.1. The van der Waals surface area contributed by atoms with Crippen LogP contribution in [0.15, 0.2) is 24.5 Å². The number of hydrogen-bond acceptors (Lipinski definition) is 5. The molecule has 0 fully saturated rings. The monoisotopic (exact) mass is 239 g/mol. The number of carboxylic acids is 1. The van der Waals surface area contributed by atoms with Crippen LogP contribution in [-0.4, -0.2) is 27.2 Å². The summed E-state index contributed by atoms with van der Waals surface area (Å²) in [5.41, 5.74) is 7.66. The number of carbonyl (C=O) groups excluding carboxylic acids is 1. The second-order valence-corrected chi connectivity index (χ2v) is 3.50. The van der Waals surface area contributed by atoms with Crippen molar-refractivity contribution >= 4 is 11.9 Å². The van der Waals surface area contributed by atoms with Crippen molar-refractivity contribution < 1.29 is 19.9 Å². The van der Waals surface area contributed by atoms with Gasteiger partial charge >= 0.3 is 5.97 Å². The maximum Gasteiger partial charge on any atom is 0.308 e. The van der Waals surface area contributed by atoms with Gasteiger partial charge in [0.15, 0.2) is 0 Å². The van der Waals surface area contributed by atoms with Crippen molar-refractivity contribution in [2.45, 2.75) is 12.5 Å². The van der Waals surface area contributed by atoms with Crippen molar-refractivity contribution in [3.63, 3.8) is 0 Å². The van der Waals surface area contributed by atoms with E-state index in [0.717, 1.165) is 0 Å². The number of carbonyl (C=O) groups is 2. The van der Waals surface area contributed by atoms with E-state index < -0.39 is 30.3 Å². The molecule has 2 atom stereocenters. The second kappa shape index (κ2) is 5.92. The summed E-state index contributed by atoms with van der Waals surface area (Å²) in [6.45, 7) is 0. The Morgan fingerprint density at radius 3 is 2.71 bits per heavy atom. The fraction of sp³-hybridized carbons (Fsp3) is 0.300. The van der Waals surface area contributed by atoms with E-state index >= 15 is 0 Å². The molecule has 7 heteroatoms. The van der Waals surface area contributed by atoms with E-state index in [0.29, 0.717) is 5.56 Å². The summed E-state index contributed by atoms with van der Waals surface area (Å²) in [5, 5.41) is 17.4. The van der Waals surface area contributed by atoms with Gasteiger partial charge in [-0.15, -0.1) is 0 Å². The number of rotatable bonds is 5. The van der Waals surface area contributed by atoms with Gasteiger partial charge in [0.2, 0.25) is 5.91 Å². The van der Waals surface area contributed by atoms with Gasteiger partial charge in [-0.1, -0.05) is 6.07 Å². The average Bonchev–Trinajstić information content (AvgIpc) is 2.35. The topological polar surface area (TPSA) is 126 Å². The SMILES string of the molecule is NC(c1cccnc1)C(CC(=O)NO)C(=O)O. The molecule has 1 aromatic rings. The molecule has 0 aliphatic rings. The lowest BCUT2D eigenvalue weighted by Crippen LogP contribution is -2.33. The molecule has 0 saturated carbocycles. The molecule has 7 nitrogen and oxygen atoms in total. The van der Waals surface area contributed by atoms with Gasteiger partial charge < -0.3 is 10.8 Å². The minimum Gasteiger partial charge on any atom is -0.481 e. The van der Waals surface area contributed by atoms with Crippen molar-refractivity contribution in [3.05, 3.63) is 30.1 Å². The zero-order chi connectivity index (χ0) is 12.8. The molecule has 0 aliphatic heterocycles. The first-order valence-corrected chi connectivity index (χ1v) is 4.87. The lowest BCUT2D eigenvalue weighted by Gasteiger charge is -2.19. The normalized spacial score (nSPS) is 13.8. The standard InChI is InChI=1S/C10H13N3O4/c11-9(6-2-1-3-12-5-6)7(10(15)16)4-8(14)13-17/h1-3,5,7,9,17H,4,11H2,(H,13,14)(H,15,16). The summed E-state index contributed by atoms with van der Waals surface area (Å²) in [4.78, 5) is 25.8. The van der Waals surface area contributed by atoms with Crippen LogP contribution in [0.25, 0.3) is 0 Å². The lowest BCUT2D eigenvalue weighted by molar-refractivity contribution is -0.146. The van der Waals surface area contributed by atoms with Crippen LogP contribution in [0.4, 0.5) is 0 Å². The molecule has 5 N–H and O–H groups in total. The Bertz CT molecular complexity index is 396. The van der Waals surface area contributed by atoms with Crippen LogP contribution in [0.2, 0.25) is 0 Å². The highest BCUT2D eigenvalue weighted by Gasteiger charge is 2.29. The van der Waals surface area contributed by atoms with Gasteiger partial charge in [0.05, 0.1) is 5.92 Å². The Morgan fingerprint density at radius 2 is 2.24 bits per heavy atom. The minimum atomic E-state index is -1.20. The van der Waals surface area contributed by atoms with Gasteiger partial charge in [-0.2, -0.15) is 0 Å². The summed E-state index contributed by atoms with van der Waals surface area (Å²) in [5.74, 6) is -3.12. The van der Waals surface area contributed by atoms with E-state index in [1.165, 1.54) is 17.9 Å². The fourth-order valence-electron chi connectivity index (χ4n) is 1.42. The molecule has 0 aliphatic carbocycles. The van der Waals surface area contributed by atoms with Crippen LogP contribution < -0.4 is 11.2 Å². The maximum atomic E-state index is 11.0. The third-order valence-electron chi connectivity index (χ3n) is 2.35. The van der Waals surface area contributed by atoms with E-state index in [4.69, 9.17) is 16.0 Å². The number of amides is 1. The number of pyridine rings is 1. The van der Waals surface area contributed by atoms with Crippen LogP contribution >= 0.6 is 0 Å². The molecule has 2 unspecified atom stereocenters. The number of hydroxylamine groups is 1. The molecule has 0 radical (unpaired) electrons. The van der Waals surface area contributed by atoms with E-state index in [9.17, 15) is 9.59 Å². The van der Waals surface area contributed by atoms with Crippen LogP contribution in [-0.2, 0) is 9.59 Å². The first-order valence-electron chi connectivity index (χ1n) is 4.87. The predicted molar refractivity (Wildman–Crippen MR) is 56.8 cm³/mol. The number of carboxylic acid groups (broad SMARTS) is 1. The number of aliphatic carboxylic acids is 1. The van der Waals surface area contributed by atoms with Crippen molar-refractivity contribution in [1.82, 2.24) is 10.5 Å². The zero-order valence-electron chi connectivity index (χ0n) is 8.91. The molecule has 1 amide bonds. The van der Waals surface area contributed by atoms with E-state index in [1.54, 1.807) is 12.1 Å². The highest BCUT2D eigenvalue weighted by Crippen LogP contribution is 2.21. The van der Waals surface area contributed by atoms with Crippen LogP contribution in [0.5, 0.6) is 0 Å². The van der Waals surface area contributed by atoms with Gasteiger partial charge in [0, 0.05) is 24.9 Å². The van der Waals surface area contributed by atoms with E-state index in [-0.39, 0.29) is 0 Å². The first-order chi connectivity index (χ1) is 8.06. The minimum absolute atomic E-state index is 0.401. The van der Waals surface area contributed by atoms with Crippen molar-refractivity contribution in [2.75, 3.05) is 0 Å². The smallest absolute Gasteiger partial charge is 0.308 e. The number of nitrogens with one attached hydrogen (secondary N) is 1. The van der Waals surface area contributed by atoms with Crippen LogP contribution in [0.1, 0.15) is 18.0 Å². The highest BCUT2D eigenvalue weighted by atomic mass is 16.5. The Balaban J connectivity index is 2.84. The van der Waals surface area contributed by atoms with Gasteiger partial charge in [-0.05, 0) is 11.6 Å². The Labute approximate surface area is 97.2 Å². The molecule has 1 aromatic heterocycles. The predicted octanol–water partition coefficient (Wildman–Crippen LogP) is -0.322. The molecular weight excluding hydrogens is 226 g/mol. The molecule has 0 spiro atoms. The Hall–Kier alpha value is -1.99.